The van der Waals surface area contributed by atoms with E-state index in [1.54, 1.807) is 54.6 Å². The number of benzene rings is 2. The van der Waals surface area contributed by atoms with Crippen LogP contribution in [0.3, 0.4) is 0 Å². The molecule has 1 aromatic heterocycles. The molecule has 0 atom stereocenters. The van der Waals surface area contributed by atoms with Gasteiger partial charge in [0, 0.05) is 16.9 Å². The lowest BCUT2D eigenvalue weighted by Crippen LogP contribution is -2.12. The van der Waals surface area contributed by atoms with Gasteiger partial charge in [-0.3, -0.25) is 4.79 Å². The van der Waals surface area contributed by atoms with Crippen molar-refractivity contribution in [3.63, 3.8) is 0 Å². The van der Waals surface area contributed by atoms with Gasteiger partial charge >= 0.3 is 0 Å². The zero-order valence-corrected chi connectivity index (χ0v) is 14.8. The van der Waals surface area contributed by atoms with Gasteiger partial charge in [-0.2, -0.15) is 5.26 Å². The van der Waals surface area contributed by atoms with E-state index < -0.39 is 0 Å². The summed E-state index contributed by atoms with van der Waals surface area (Å²) < 4.78 is 0. The van der Waals surface area contributed by atoms with Crippen LogP contribution in [0, 0.1) is 11.3 Å². The first-order valence-corrected chi connectivity index (χ1v) is 8.30. The van der Waals surface area contributed by atoms with Crippen molar-refractivity contribution >= 4 is 46.3 Å². The number of hydrogen-bond donors (Lipinski definition) is 2. The molecule has 0 unspecified atom stereocenters. The minimum Gasteiger partial charge on any atom is -0.340 e. The number of carbonyl (C=O) groups is 1. The van der Waals surface area contributed by atoms with Gasteiger partial charge in [0.15, 0.2) is 0 Å². The van der Waals surface area contributed by atoms with Crippen molar-refractivity contribution in [3.05, 3.63) is 82.0 Å². The van der Waals surface area contributed by atoms with Crippen LogP contribution in [0.5, 0.6) is 0 Å². The number of nitrogens with one attached hydrogen (secondary N) is 2. The Balaban J connectivity index is 1.68. The Labute approximate surface area is 160 Å². The molecule has 0 saturated carbocycles. The van der Waals surface area contributed by atoms with E-state index >= 15 is 0 Å². The summed E-state index contributed by atoms with van der Waals surface area (Å²) in [6, 6.07) is 17.2. The minimum absolute atomic E-state index is 0.327. The second-order valence-corrected chi connectivity index (χ2v) is 6.17. The molecule has 26 heavy (non-hydrogen) atoms. The molecule has 0 aliphatic rings. The zero-order chi connectivity index (χ0) is 18.5. The smallest absolute Gasteiger partial charge is 0.257 e. The Hall–Kier alpha value is -3.07. The van der Waals surface area contributed by atoms with Crippen molar-refractivity contribution in [1.29, 1.82) is 5.26 Å². The molecule has 0 spiro atoms. The molecule has 2 N–H and O–H groups in total. The lowest BCUT2D eigenvalue weighted by molar-refractivity contribution is 0.102. The van der Waals surface area contributed by atoms with Crippen molar-refractivity contribution in [2.24, 2.45) is 0 Å². The van der Waals surface area contributed by atoms with Gasteiger partial charge in [0.25, 0.3) is 5.91 Å². The summed E-state index contributed by atoms with van der Waals surface area (Å²) in [5.74, 6) is 0.252. The van der Waals surface area contributed by atoms with E-state index in [9.17, 15) is 4.79 Å². The van der Waals surface area contributed by atoms with Crippen LogP contribution in [0.2, 0.25) is 10.0 Å². The summed E-state index contributed by atoms with van der Waals surface area (Å²) in [5.41, 5.74) is 2.24. The second kappa shape index (κ2) is 7.87. The molecule has 128 valence electrons. The molecular weight excluding hydrogens is 371 g/mol. The number of nitriles is 1. The van der Waals surface area contributed by atoms with Gasteiger partial charge < -0.3 is 10.6 Å². The van der Waals surface area contributed by atoms with Crippen LogP contribution < -0.4 is 10.6 Å². The largest absolute Gasteiger partial charge is 0.340 e. The standard InChI is InChI=1S/C19H12Cl2N4O/c20-14-4-7-17(16(21)9-14)25-19(26)13-3-8-18(23-11-13)24-15-5-1-12(10-22)2-6-15/h1-9,11H,(H,23,24)(H,25,26). The first-order chi connectivity index (χ1) is 12.5. The molecule has 0 saturated heterocycles. The zero-order valence-electron chi connectivity index (χ0n) is 13.3. The molecule has 3 aromatic rings. The lowest BCUT2D eigenvalue weighted by Gasteiger charge is -2.09. The van der Waals surface area contributed by atoms with Gasteiger partial charge in [-0.15, -0.1) is 0 Å². The van der Waals surface area contributed by atoms with Gasteiger partial charge in [-0.25, -0.2) is 4.98 Å². The van der Waals surface area contributed by atoms with E-state index in [1.807, 2.05) is 0 Å². The average molecular weight is 383 g/mol. The maximum absolute atomic E-state index is 12.3. The molecule has 1 heterocycles. The minimum atomic E-state index is -0.327. The SMILES string of the molecule is N#Cc1ccc(Nc2ccc(C(=O)Nc3ccc(Cl)cc3Cl)cn2)cc1. The van der Waals surface area contributed by atoms with E-state index in [1.165, 1.54) is 6.20 Å². The number of amides is 1. The van der Waals surface area contributed by atoms with E-state index in [4.69, 9.17) is 28.5 Å². The number of nitrogens with zero attached hydrogens (tertiary/aromatic N) is 2. The van der Waals surface area contributed by atoms with Crippen molar-refractivity contribution < 1.29 is 4.79 Å². The third kappa shape index (κ3) is 4.31. The number of pyridine rings is 1. The van der Waals surface area contributed by atoms with Crippen LogP contribution in [0.4, 0.5) is 17.2 Å². The summed E-state index contributed by atoms with van der Waals surface area (Å²) in [7, 11) is 0. The third-order valence-electron chi connectivity index (χ3n) is 3.49. The van der Waals surface area contributed by atoms with Crippen LogP contribution in [0.15, 0.2) is 60.8 Å². The fourth-order valence-corrected chi connectivity index (χ4v) is 2.62. The number of rotatable bonds is 4. The predicted molar refractivity (Wildman–Crippen MR) is 103 cm³/mol. The maximum atomic E-state index is 12.3. The normalized spacial score (nSPS) is 10.0. The summed E-state index contributed by atoms with van der Waals surface area (Å²) >= 11 is 11.9. The van der Waals surface area contributed by atoms with Crippen molar-refractivity contribution in [2.75, 3.05) is 10.6 Å². The lowest BCUT2D eigenvalue weighted by atomic mass is 10.2. The summed E-state index contributed by atoms with van der Waals surface area (Å²) in [6.45, 7) is 0. The van der Waals surface area contributed by atoms with Crippen LogP contribution in [0.1, 0.15) is 15.9 Å². The quantitative estimate of drug-likeness (QED) is 0.645. The molecule has 2 aromatic carbocycles. The predicted octanol–water partition coefficient (Wildman–Crippen LogP) is 5.26. The molecule has 0 bridgehead atoms. The third-order valence-corrected chi connectivity index (χ3v) is 4.04. The highest BCUT2D eigenvalue weighted by atomic mass is 35.5. The number of aromatic nitrogens is 1. The number of halogens is 2. The van der Waals surface area contributed by atoms with Gasteiger partial charge in [0.05, 0.1) is 27.9 Å². The Morgan fingerprint density at radius 3 is 2.42 bits per heavy atom. The maximum Gasteiger partial charge on any atom is 0.257 e. The van der Waals surface area contributed by atoms with Gasteiger partial charge in [-0.1, -0.05) is 23.2 Å². The number of carbonyl (C=O) groups excluding carboxylic acids is 1. The Bertz CT molecular complexity index is 980. The molecule has 3 rings (SSSR count). The highest BCUT2D eigenvalue weighted by Gasteiger charge is 2.09. The first-order valence-electron chi connectivity index (χ1n) is 7.55. The first kappa shape index (κ1) is 17.7. The van der Waals surface area contributed by atoms with Gasteiger partial charge in [0.1, 0.15) is 5.82 Å². The molecule has 0 fully saturated rings. The van der Waals surface area contributed by atoms with Gasteiger partial charge in [0.2, 0.25) is 0 Å². The van der Waals surface area contributed by atoms with E-state index in [0.29, 0.717) is 32.7 Å². The highest BCUT2D eigenvalue weighted by Crippen LogP contribution is 2.26. The molecule has 1 amide bonds. The highest BCUT2D eigenvalue weighted by molar-refractivity contribution is 6.36. The second-order valence-electron chi connectivity index (χ2n) is 5.32. The Morgan fingerprint density at radius 2 is 1.81 bits per heavy atom. The Kier molecular flexibility index (Phi) is 5.37. The average Bonchev–Trinajstić information content (AvgIpc) is 2.65. The van der Waals surface area contributed by atoms with Crippen molar-refractivity contribution in [2.45, 2.75) is 0 Å². The van der Waals surface area contributed by atoms with Crippen molar-refractivity contribution in [3.8, 4) is 6.07 Å². The topological polar surface area (TPSA) is 77.8 Å². The summed E-state index contributed by atoms with van der Waals surface area (Å²) in [5, 5.41) is 15.5. The van der Waals surface area contributed by atoms with Crippen LogP contribution in [0.25, 0.3) is 0 Å². The Morgan fingerprint density at radius 1 is 1.04 bits per heavy atom. The monoisotopic (exact) mass is 382 g/mol. The molecular formula is C19H12Cl2N4O. The van der Waals surface area contributed by atoms with Crippen LogP contribution in [-0.4, -0.2) is 10.9 Å². The molecule has 7 heteroatoms. The fraction of sp³-hybridized carbons (Fsp3) is 0. The van der Waals surface area contributed by atoms with E-state index in [-0.39, 0.29) is 5.91 Å². The van der Waals surface area contributed by atoms with E-state index in [0.717, 1.165) is 5.69 Å². The number of anilines is 3. The fourth-order valence-electron chi connectivity index (χ4n) is 2.16. The number of hydrogen-bond acceptors (Lipinski definition) is 4. The van der Waals surface area contributed by atoms with Crippen molar-refractivity contribution in [1.82, 2.24) is 4.98 Å². The molecule has 0 aliphatic heterocycles. The van der Waals surface area contributed by atoms with E-state index in [2.05, 4.69) is 21.7 Å². The summed E-state index contributed by atoms with van der Waals surface area (Å²) in [4.78, 5) is 16.5. The van der Waals surface area contributed by atoms with Crippen LogP contribution >= 0.6 is 23.2 Å². The molecule has 0 radical (unpaired) electrons. The molecule has 0 aliphatic carbocycles. The van der Waals surface area contributed by atoms with Crippen LogP contribution in [-0.2, 0) is 0 Å². The van der Waals surface area contributed by atoms with Gasteiger partial charge in [-0.05, 0) is 54.6 Å². The molecule has 5 nitrogen and oxygen atoms in total. The summed E-state index contributed by atoms with van der Waals surface area (Å²) in [6.07, 6.45) is 1.46.